The first-order valence-corrected chi connectivity index (χ1v) is 9.39. The second-order valence-corrected chi connectivity index (χ2v) is 9.13. The molecular formula is C12H22N4S4. The number of hydrogen-bond donors (Lipinski definition) is 2. The maximum atomic E-state index is 5.58. The fourth-order valence-electron chi connectivity index (χ4n) is 2.73. The third-order valence-electron chi connectivity index (χ3n) is 3.57. The SMILES string of the molecule is CC1NC(C)N(C(C)N2C(=S)SC(C)NC2C)C(=S)S1. The van der Waals surface area contributed by atoms with Crippen LogP contribution in [0.4, 0.5) is 0 Å². The first-order valence-electron chi connectivity index (χ1n) is 6.81. The van der Waals surface area contributed by atoms with Crippen molar-refractivity contribution in [2.45, 2.75) is 63.9 Å². The highest BCUT2D eigenvalue weighted by atomic mass is 32.2. The van der Waals surface area contributed by atoms with Crippen molar-refractivity contribution in [2.75, 3.05) is 0 Å². The highest BCUT2D eigenvalue weighted by Crippen LogP contribution is 2.30. The second kappa shape index (κ2) is 6.66. The monoisotopic (exact) mass is 350 g/mol. The lowest BCUT2D eigenvalue weighted by atomic mass is 10.3. The molecule has 0 bridgehead atoms. The summed E-state index contributed by atoms with van der Waals surface area (Å²) in [5.74, 6) is 0. The van der Waals surface area contributed by atoms with Crippen LogP contribution in [0, 0.1) is 0 Å². The van der Waals surface area contributed by atoms with Crippen molar-refractivity contribution in [3.8, 4) is 0 Å². The molecule has 4 atom stereocenters. The third-order valence-corrected chi connectivity index (χ3v) is 6.37. The van der Waals surface area contributed by atoms with E-state index in [-0.39, 0.29) is 18.5 Å². The van der Waals surface area contributed by atoms with Gasteiger partial charge in [-0.3, -0.25) is 10.6 Å². The Morgan fingerprint density at radius 1 is 0.900 bits per heavy atom. The first-order chi connectivity index (χ1) is 9.31. The average Bonchev–Trinajstić information content (AvgIpc) is 2.25. The molecule has 0 aromatic carbocycles. The second-order valence-electron chi connectivity index (χ2n) is 5.18. The Labute approximate surface area is 140 Å². The van der Waals surface area contributed by atoms with E-state index in [1.54, 1.807) is 23.5 Å². The number of thiocarbonyl (C=S) groups is 2. The molecule has 0 amide bonds. The summed E-state index contributed by atoms with van der Waals surface area (Å²) in [6, 6.07) is 0. The maximum Gasteiger partial charge on any atom is 0.140 e. The molecule has 2 aliphatic rings. The van der Waals surface area contributed by atoms with Gasteiger partial charge in [-0.05, 0) is 34.6 Å². The van der Waals surface area contributed by atoms with Gasteiger partial charge in [0, 0.05) is 0 Å². The average molecular weight is 351 g/mol. The molecule has 0 radical (unpaired) electrons. The van der Waals surface area contributed by atoms with Crippen molar-refractivity contribution in [3.63, 3.8) is 0 Å². The van der Waals surface area contributed by atoms with Crippen molar-refractivity contribution < 1.29 is 0 Å². The summed E-state index contributed by atoms with van der Waals surface area (Å²) in [4.78, 5) is 4.47. The van der Waals surface area contributed by atoms with E-state index >= 15 is 0 Å². The molecule has 2 rings (SSSR count). The van der Waals surface area contributed by atoms with E-state index < -0.39 is 0 Å². The smallest absolute Gasteiger partial charge is 0.140 e. The maximum absolute atomic E-state index is 5.58. The number of thioether (sulfide) groups is 2. The van der Waals surface area contributed by atoms with Gasteiger partial charge in [-0.2, -0.15) is 0 Å². The summed E-state index contributed by atoms with van der Waals surface area (Å²) in [6.07, 6.45) is 0.571. The third kappa shape index (κ3) is 3.41. The number of nitrogens with zero attached hydrogens (tertiary/aromatic N) is 2. The first kappa shape index (κ1) is 16.8. The van der Waals surface area contributed by atoms with Crippen LogP contribution in [0.1, 0.15) is 34.6 Å². The van der Waals surface area contributed by atoms with E-state index in [9.17, 15) is 0 Å². The zero-order valence-corrected chi connectivity index (χ0v) is 15.7. The fraction of sp³-hybridized carbons (Fsp3) is 0.833. The highest BCUT2D eigenvalue weighted by molar-refractivity contribution is 8.23. The Kier molecular flexibility index (Phi) is 5.58. The molecule has 0 aliphatic carbocycles. The molecular weight excluding hydrogens is 328 g/mol. The van der Waals surface area contributed by atoms with Crippen LogP contribution >= 0.6 is 48.0 Å². The van der Waals surface area contributed by atoms with Gasteiger partial charge in [0.15, 0.2) is 0 Å². The normalized spacial score (nSPS) is 37.2. The van der Waals surface area contributed by atoms with Crippen LogP contribution in [-0.2, 0) is 0 Å². The van der Waals surface area contributed by atoms with Crippen LogP contribution in [0.15, 0.2) is 0 Å². The molecule has 0 spiro atoms. The molecule has 114 valence electrons. The minimum absolute atomic E-state index is 0.139. The van der Waals surface area contributed by atoms with Gasteiger partial charge < -0.3 is 9.80 Å². The summed E-state index contributed by atoms with van der Waals surface area (Å²) in [6.45, 7) is 10.8. The van der Waals surface area contributed by atoms with E-state index in [2.05, 4.69) is 55.1 Å². The van der Waals surface area contributed by atoms with Crippen LogP contribution in [0.3, 0.4) is 0 Å². The van der Waals surface area contributed by atoms with E-state index in [4.69, 9.17) is 24.4 Å². The van der Waals surface area contributed by atoms with Gasteiger partial charge in [0.2, 0.25) is 0 Å². The standard InChI is InChI=1S/C12H22N4S4/c1-6-13-8(3)19-11(17)15(6)10(5)16-7(2)14-9(4)20-12(16)18/h6-10,13-14H,1-5H3. The summed E-state index contributed by atoms with van der Waals surface area (Å²) in [5.41, 5.74) is 0. The Morgan fingerprint density at radius 2 is 1.25 bits per heavy atom. The number of hydrogen-bond acceptors (Lipinski definition) is 6. The van der Waals surface area contributed by atoms with Gasteiger partial charge in [-0.25, -0.2) is 0 Å². The molecule has 2 aliphatic heterocycles. The van der Waals surface area contributed by atoms with Gasteiger partial charge in [0.25, 0.3) is 0 Å². The molecule has 2 saturated heterocycles. The topological polar surface area (TPSA) is 30.5 Å². The summed E-state index contributed by atoms with van der Waals surface area (Å²) in [7, 11) is 0. The zero-order valence-electron chi connectivity index (χ0n) is 12.4. The predicted octanol–water partition coefficient (Wildman–Crippen LogP) is 2.56. The van der Waals surface area contributed by atoms with Gasteiger partial charge in [-0.15, -0.1) is 0 Å². The van der Waals surface area contributed by atoms with Crippen LogP contribution in [0.2, 0.25) is 0 Å². The van der Waals surface area contributed by atoms with Gasteiger partial charge in [0.05, 0.1) is 23.1 Å². The predicted molar refractivity (Wildman–Crippen MR) is 97.6 cm³/mol. The van der Waals surface area contributed by atoms with Gasteiger partial charge >= 0.3 is 0 Å². The van der Waals surface area contributed by atoms with Crippen molar-refractivity contribution in [3.05, 3.63) is 0 Å². The zero-order chi connectivity index (χ0) is 15.0. The van der Waals surface area contributed by atoms with Crippen LogP contribution < -0.4 is 10.6 Å². The Balaban J connectivity index is 2.15. The van der Waals surface area contributed by atoms with E-state index in [1.807, 2.05) is 0 Å². The van der Waals surface area contributed by atoms with E-state index in [1.165, 1.54) is 0 Å². The largest absolute Gasteiger partial charge is 0.322 e. The molecule has 4 nitrogen and oxygen atoms in total. The van der Waals surface area contributed by atoms with Crippen LogP contribution in [0.25, 0.3) is 0 Å². The molecule has 20 heavy (non-hydrogen) atoms. The Hall–Kier alpha value is 0.400. The molecule has 2 fully saturated rings. The number of rotatable bonds is 2. The summed E-state index contributed by atoms with van der Waals surface area (Å²) in [5, 5.41) is 7.77. The van der Waals surface area contributed by atoms with Crippen molar-refractivity contribution >= 4 is 56.6 Å². The van der Waals surface area contributed by atoms with Crippen molar-refractivity contribution in [2.24, 2.45) is 0 Å². The lowest BCUT2D eigenvalue weighted by Gasteiger charge is -2.50. The Bertz CT molecular complexity index is 369. The molecule has 0 saturated carbocycles. The van der Waals surface area contributed by atoms with Crippen molar-refractivity contribution in [1.82, 2.24) is 20.4 Å². The van der Waals surface area contributed by atoms with Crippen LogP contribution in [0.5, 0.6) is 0 Å². The minimum Gasteiger partial charge on any atom is -0.322 e. The fourth-order valence-corrected chi connectivity index (χ4v) is 6.22. The summed E-state index contributed by atoms with van der Waals surface area (Å²) >= 11 is 14.6. The molecule has 0 aromatic heterocycles. The molecule has 2 heterocycles. The lowest BCUT2D eigenvalue weighted by molar-refractivity contribution is 0.0933. The minimum atomic E-state index is 0.139. The van der Waals surface area contributed by atoms with Gasteiger partial charge in [-0.1, -0.05) is 48.0 Å². The lowest BCUT2D eigenvalue weighted by Crippen LogP contribution is -2.65. The molecule has 0 aromatic rings. The molecule has 2 N–H and O–H groups in total. The van der Waals surface area contributed by atoms with Crippen LogP contribution in [-0.4, -0.2) is 47.7 Å². The molecule has 8 heteroatoms. The quantitative estimate of drug-likeness (QED) is 0.735. The van der Waals surface area contributed by atoms with E-state index in [0.717, 1.165) is 8.64 Å². The number of nitrogens with one attached hydrogen (secondary N) is 2. The Morgan fingerprint density at radius 3 is 1.55 bits per heavy atom. The van der Waals surface area contributed by atoms with Gasteiger partial charge in [0.1, 0.15) is 14.8 Å². The molecule has 4 unspecified atom stereocenters. The van der Waals surface area contributed by atoms with Crippen molar-refractivity contribution in [1.29, 1.82) is 0 Å². The van der Waals surface area contributed by atoms with E-state index in [0.29, 0.717) is 10.7 Å². The highest BCUT2D eigenvalue weighted by Gasteiger charge is 2.37. The summed E-state index contributed by atoms with van der Waals surface area (Å²) < 4.78 is 1.88.